The van der Waals surface area contributed by atoms with Gasteiger partial charge in [0.25, 0.3) is 5.91 Å². The molecule has 1 aliphatic rings. The van der Waals surface area contributed by atoms with Crippen LogP contribution in [0.1, 0.15) is 56.3 Å². The fourth-order valence-electron chi connectivity index (χ4n) is 3.59. The van der Waals surface area contributed by atoms with Gasteiger partial charge in [-0.3, -0.25) is 4.79 Å². The van der Waals surface area contributed by atoms with Crippen LogP contribution in [0, 0.1) is 0 Å². The molecule has 5 nitrogen and oxygen atoms in total. The van der Waals surface area contributed by atoms with E-state index in [1.54, 1.807) is 12.1 Å². The molecule has 150 valence electrons. The zero-order chi connectivity index (χ0) is 19.9. The van der Waals surface area contributed by atoms with Crippen molar-refractivity contribution < 1.29 is 9.53 Å². The highest BCUT2D eigenvalue weighted by Gasteiger charge is 2.20. The average molecular weight is 382 g/mol. The molecule has 0 radical (unpaired) electrons. The van der Waals surface area contributed by atoms with E-state index in [9.17, 15) is 4.79 Å². The van der Waals surface area contributed by atoms with Crippen molar-refractivity contribution in [3.63, 3.8) is 0 Å². The number of rotatable bonds is 7. The van der Waals surface area contributed by atoms with E-state index >= 15 is 0 Å². The molecule has 28 heavy (non-hydrogen) atoms. The molecule has 1 atom stereocenters. The minimum Gasteiger partial charge on any atom is -0.494 e. The van der Waals surface area contributed by atoms with Crippen LogP contribution in [0.25, 0.3) is 0 Å². The van der Waals surface area contributed by atoms with Crippen LogP contribution in [0.15, 0.2) is 42.5 Å². The predicted octanol–water partition coefficient (Wildman–Crippen LogP) is 5.08. The van der Waals surface area contributed by atoms with E-state index in [4.69, 9.17) is 10.5 Å². The molecule has 0 aromatic heterocycles. The summed E-state index contributed by atoms with van der Waals surface area (Å²) in [7, 11) is 0. The number of benzene rings is 2. The fourth-order valence-corrected chi connectivity index (χ4v) is 3.59. The first-order chi connectivity index (χ1) is 13.6. The lowest BCUT2D eigenvalue weighted by Crippen LogP contribution is -2.37. The van der Waals surface area contributed by atoms with Crippen molar-refractivity contribution in [2.75, 3.05) is 29.1 Å². The van der Waals surface area contributed by atoms with E-state index in [1.807, 2.05) is 30.3 Å². The maximum Gasteiger partial charge on any atom is 0.255 e. The van der Waals surface area contributed by atoms with E-state index in [0.717, 1.165) is 30.8 Å². The summed E-state index contributed by atoms with van der Waals surface area (Å²) in [6.45, 7) is 6.10. The normalized spacial score (nSPS) is 16.6. The largest absolute Gasteiger partial charge is 0.494 e. The van der Waals surface area contributed by atoms with Gasteiger partial charge in [0, 0.05) is 23.8 Å². The van der Waals surface area contributed by atoms with E-state index < -0.39 is 0 Å². The van der Waals surface area contributed by atoms with E-state index in [-0.39, 0.29) is 5.91 Å². The summed E-state index contributed by atoms with van der Waals surface area (Å²) in [6, 6.07) is 13.5. The lowest BCUT2D eigenvalue weighted by atomic mass is 10.0. The molecule has 1 fully saturated rings. The van der Waals surface area contributed by atoms with Gasteiger partial charge < -0.3 is 20.7 Å². The first-order valence-electron chi connectivity index (χ1n) is 10.3. The summed E-state index contributed by atoms with van der Waals surface area (Å²) in [5, 5.41) is 2.93. The van der Waals surface area contributed by atoms with Crippen molar-refractivity contribution in [3.8, 4) is 5.75 Å². The van der Waals surface area contributed by atoms with Crippen LogP contribution in [-0.2, 0) is 0 Å². The second kappa shape index (κ2) is 9.49. The molecule has 2 aromatic carbocycles. The quantitative estimate of drug-likeness (QED) is 0.518. The highest BCUT2D eigenvalue weighted by Crippen LogP contribution is 2.31. The van der Waals surface area contributed by atoms with Crippen molar-refractivity contribution in [1.29, 1.82) is 0 Å². The summed E-state index contributed by atoms with van der Waals surface area (Å²) < 4.78 is 5.64. The van der Waals surface area contributed by atoms with Gasteiger partial charge in [0.15, 0.2) is 0 Å². The lowest BCUT2D eigenvalue weighted by molar-refractivity contribution is 0.102. The van der Waals surface area contributed by atoms with Gasteiger partial charge in [0.2, 0.25) is 0 Å². The molecular formula is C23H31N3O2. The Balaban J connectivity index is 1.63. The standard InChI is InChI=1S/C23H31N3O2/c1-3-4-15-28-20-11-8-18(9-12-20)23(27)25-19-10-13-22(21(24)16-19)26-14-6-5-7-17(26)2/h8-13,16-17H,3-7,14-15,24H2,1-2H3,(H,25,27)/t17-/m0/s1. The number of nitrogen functional groups attached to an aromatic ring is 1. The topological polar surface area (TPSA) is 67.6 Å². The van der Waals surface area contributed by atoms with E-state index in [1.165, 1.54) is 19.3 Å². The number of amides is 1. The average Bonchev–Trinajstić information content (AvgIpc) is 2.70. The lowest BCUT2D eigenvalue weighted by Gasteiger charge is -2.36. The number of ether oxygens (including phenoxy) is 1. The fraction of sp³-hybridized carbons (Fsp3) is 0.435. The summed E-state index contributed by atoms with van der Waals surface area (Å²) in [4.78, 5) is 14.9. The van der Waals surface area contributed by atoms with Crippen molar-refractivity contribution in [2.45, 2.75) is 52.0 Å². The summed E-state index contributed by atoms with van der Waals surface area (Å²) in [6.07, 6.45) is 5.78. The van der Waals surface area contributed by atoms with Crippen molar-refractivity contribution in [2.24, 2.45) is 0 Å². The Hall–Kier alpha value is -2.69. The molecule has 0 saturated carbocycles. The van der Waals surface area contributed by atoms with Gasteiger partial charge in [0.1, 0.15) is 5.75 Å². The zero-order valence-electron chi connectivity index (χ0n) is 16.9. The monoisotopic (exact) mass is 381 g/mol. The van der Waals surface area contributed by atoms with Gasteiger partial charge >= 0.3 is 0 Å². The predicted molar refractivity (Wildman–Crippen MR) is 116 cm³/mol. The molecule has 3 N–H and O–H groups in total. The molecular weight excluding hydrogens is 350 g/mol. The SMILES string of the molecule is CCCCOc1ccc(C(=O)Nc2ccc(N3CCCC[C@@H]3C)c(N)c2)cc1. The minimum atomic E-state index is -0.154. The summed E-state index contributed by atoms with van der Waals surface area (Å²) >= 11 is 0. The zero-order valence-corrected chi connectivity index (χ0v) is 16.9. The minimum absolute atomic E-state index is 0.154. The molecule has 0 aliphatic carbocycles. The Labute approximate surface area is 167 Å². The Morgan fingerprint density at radius 2 is 2.00 bits per heavy atom. The first-order valence-corrected chi connectivity index (χ1v) is 10.3. The van der Waals surface area contributed by atoms with Crippen LogP contribution in [0.2, 0.25) is 0 Å². The number of carbonyl (C=O) groups is 1. The maximum atomic E-state index is 12.5. The van der Waals surface area contributed by atoms with Gasteiger partial charge in [-0.05, 0) is 75.1 Å². The van der Waals surface area contributed by atoms with E-state index in [0.29, 0.717) is 29.6 Å². The third-order valence-electron chi connectivity index (χ3n) is 5.28. The molecule has 5 heteroatoms. The Morgan fingerprint density at radius 3 is 2.68 bits per heavy atom. The van der Waals surface area contributed by atoms with Crippen LogP contribution in [-0.4, -0.2) is 25.1 Å². The van der Waals surface area contributed by atoms with Gasteiger partial charge in [-0.25, -0.2) is 0 Å². The van der Waals surface area contributed by atoms with Gasteiger partial charge in [-0.1, -0.05) is 13.3 Å². The van der Waals surface area contributed by atoms with Crippen LogP contribution in [0.3, 0.4) is 0 Å². The molecule has 0 unspecified atom stereocenters. The number of carbonyl (C=O) groups excluding carboxylic acids is 1. The van der Waals surface area contributed by atoms with Gasteiger partial charge in [-0.15, -0.1) is 0 Å². The smallest absolute Gasteiger partial charge is 0.255 e. The first kappa shape index (κ1) is 20.1. The second-order valence-electron chi connectivity index (χ2n) is 7.49. The third-order valence-corrected chi connectivity index (χ3v) is 5.28. The van der Waals surface area contributed by atoms with Crippen LogP contribution in [0.5, 0.6) is 5.75 Å². The van der Waals surface area contributed by atoms with E-state index in [2.05, 4.69) is 24.1 Å². The number of nitrogens with two attached hydrogens (primary N) is 1. The molecule has 1 heterocycles. The second-order valence-corrected chi connectivity index (χ2v) is 7.49. The highest BCUT2D eigenvalue weighted by atomic mass is 16.5. The van der Waals surface area contributed by atoms with Crippen molar-refractivity contribution in [3.05, 3.63) is 48.0 Å². The summed E-state index contributed by atoms with van der Waals surface area (Å²) in [5.41, 5.74) is 9.35. The molecule has 3 rings (SSSR count). The van der Waals surface area contributed by atoms with Crippen LogP contribution in [0.4, 0.5) is 17.1 Å². The van der Waals surface area contributed by atoms with Gasteiger partial charge in [-0.2, -0.15) is 0 Å². The third kappa shape index (κ3) is 4.97. The molecule has 1 aliphatic heterocycles. The number of hydrogen-bond acceptors (Lipinski definition) is 4. The van der Waals surface area contributed by atoms with Crippen molar-refractivity contribution >= 4 is 23.0 Å². The molecule has 2 aromatic rings. The van der Waals surface area contributed by atoms with Crippen molar-refractivity contribution in [1.82, 2.24) is 0 Å². The molecule has 1 amide bonds. The Bertz CT molecular complexity index is 789. The Kier molecular flexibility index (Phi) is 6.80. The number of nitrogens with zero attached hydrogens (tertiary/aromatic N) is 1. The number of unbranched alkanes of at least 4 members (excludes halogenated alkanes) is 1. The number of hydrogen-bond donors (Lipinski definition) is 2. The highest BCUT2D eigenvalue weighted by molar-refractivity contribution is 6.04. The van der Waals surface area contributed by atoms with Gasteiger partial charge in [0.05, 0.1) is 18.0 Å². The Morgan fingerprint density at radius 1 is 1.21 bits per heavy atom. The number of piperidine rings is 1. The van der Waals surface area contributed by atoms with Crippen LogP contribution < -0.4 is 20.7 Å². The molecule has 1 saturated heterocycles. The number of nitrogens with one attached hydrogen (secondary N) is 1. The molecule has 0 spiro atoms. The molecule has 0 bridgehead atoms. The summed E-state index contributed by atoms with van der Waals surface area (Å²) in [5.74, 6) is 0.632. The number of anilines is 3. The van der Waals surface area contributed by atoms with Crippen LogP contribution >= 0.6 is 0 Å². The maximum absolute atomic E-state index is 12.5.